The van der Waals surface area contributed by atoms with E-state index in [9.17, 15) is 0 Å². The normalized spacial score (nSPS) is 10.2. The number of pyridine rings is 1. The molecule has 0 aromatic carbocycles. The van der Waals surface area contributed by atoms with Gasteiger partial charge in [-0.05, 0) is 25.0 Å². The molecule has 5 nitrogen and oxygen atoms in total. The maximum atomic E-state index is 5.73. The van der Waals surface area contributed by atoms with Gasteiger partial charge >= 0.3 is 0 Å². The Kier molecular flexibility index (Phi) is 2.95. The van der Waals surface area contributed by atoms with Gasteiger partial charge in [0.05, 0.1) is 0 Å². The highest BCUT2D eigenvalue weighted by Crippen LogP contribution is 2.11. The maximum Gasteiger partial charge on any atom is 0.221 e. The molecule has 0 unspecified atom stereocenters. The van der Waals surface area contributed by atoms with Gasteiger partial charge in [0.15, 0.2) is 0 Å². The average Bonchev–Trinajstić information content (AvgIpc) is 2.29. The molecule has 2 heterocycles. The zero-order valence-corrected chi connectivity index (χ0v) is 8.80. The number of nitrogen functional groups attached to an aromatic ring is 2. The molecule has 2 rings (SSSR count). The van der Waals surface area contributed by atoms with E-state index in [4.69, 9.17) is 11.5 Å². The summed E-state index contributed by atoms with van der Waals surface area (Å²) in [5, 5.41) is 0. The standard InChI is InChI=1S/C11H13N5/c12-10-8(7-15-11(13)16-10)4-5-9-3-1-2-6-14-9/h1-3,6-7H,4-5H2,(H4,12,13,15,16). The highest BCUT2D eigenvalue weighted by Gasteiger charge is 2.03. The van der Waals surface area contributed by atoms with Crippen LogP contribution >= 0.6 is 0 Å². The molecule has 0 atom stereocenters. The zero-order chi connectivity index (χ0) is 11.4. The Bertz CT molecular complexity index is 469. The van der Waals surface area contributed by atoms with Crippen molar-refractivity contribution in [2.24, 2.45) is 0 Å². The molecule has 0 fully saturated rings. The second-order valence-electron chi connectivity index (χ2n) is 3.46. The Morgan fingerprint density at radius 2 is 1.94 bits per heavy atom. The van der Waals surface area contributed by atoms with Gasteiger partial charge in [0.2, 0.25) is 5.95 Å². The molecule has 0 saturated carbocycles. The lowest BCUT2D eigenvalue weighted by Crippen LogP contribution is -2.04. The van der Waals surface area contributed by atoms with Crippen molar-refractivity contribution in [3.63, 3.8) is 0 Å². The maximum absolute atomic E-state index is 5.73. The van der Waals surface area contributed by atoms with Crippen molar-refractivity contribution in [2.75, 3.05) is 11.5 Å². The predicted octanol–water partition coefficient (Wildman–Crippen LogP) is 0.821. The van der Waals surface area contributed by atoms with Crippen LogP contribution in [-0.4, -0.2) is 15.0 Å². The summed E-state index contributed by atoms with van der Waals surface area (Å²) in [7, 11) is 0. The molecule has 2 aromatic rings. The largest absolute Gasteiger partial charge is 0.383 e. The molecule has 0 bridgehead atoms. The van der Waals surface area contributed by atoms with Crippen molar-refractivity contribution in [1.82, 2.24) is 15.0 Å². The van der Waals surface area contributed by atoms with Crippen molar-refractivity contribution in [1.29, 1.82) is 0 Å². The molecule has 0 amide bonds. The van der Waals surface area contributed by atoms with Crippen molar-refractivity contribution in [3.05, 3.63) is 41.9 Å². The van der Waals surface area contributed by atoms with Gasteiger partial charge in [-0.25, -0.2) is 4.98 Å². The Morgan fingerprint density at radius 1 is 1.06 bits per heavy atom. The van der Waals surface area contributed by atoms with Crippen LogP contribution in [0.25, 0.3) is 0 Å². The molecule has 0 spiro atoms. The monoisotopic (exact) mass is 215 g/mol. The van der Waals surface area contributed by atoms with Gasteiger partial charge < -0.3 is 11.5 Å². The van der Waals surface area contributed by atoms with Crippen LogP contribution in [0.5, 0.6) is 0 Å². The summed E-state index contributed by atoms with van der Waals surface area (Å²) >= 11 is 0. The minimum atomic E-state index is 0.207. The molecule has 0 aliphatic rings. The zero-order valence-electron chi connectivity index (χ0n) is 8.80. The van der Waals surface area contributed by atoms with Crippen molar-refractivity contribution in [2.45, 2.75) is 12.8 Å². The van der Waals surface area contributed by atoms with Crippen LogP contribution in [0.3, 0.4) is 0 Å². The molecule has 82 valence electrons. The highest BCUT2D eigenvalue weighted by molar-refractivity contribution is 5.41. The van der Waals surface area contributed by atoms with E-state index < -0.39 is 0 Å². The molecule has 0 saturated heterocycles. The lowest BCUT2D eigenvalue weighted by atomic mass is 10.1. The fourth-order valence-electron chi connectivity index (χ4n) is 1.44. The first kappa shape index (κ1) is 10.4. The third kappa shape index (κ3) is 2.44. The number of nitrogens with two attached hydrogens (primary N) is 2. The molecule has 5 heteroatoms. The van der Waals surface area contributed by atoms with E-state index in [0.29, 0.717) is 5.82 Å². The summed E-state index contributed by atoms with van der Waals surface area (Å²) in [6.45, 7) is 0. The lowest BCUT2D eigenvalue weighted by Gasteiger charge is -2.04. The molecule has 16 heavy (non-hydrogen) atoms. The summed E-state index contributed by atoms with van der Waals surface area (Å²) in [6.07, 6.45) is 5.03. The van der Waals surface area contributed by atoms with E-state index in [0.717, 1.165) is 24.1 Å². The van der Waals surface area contributed by atoms with Gasteiger partial charge in [0.25, 0.3) is 0 Å². The molecule has 0 aliphatic heterocycles. The van der Waals surface area contributed by atoms with Gasteiger partial charge in [0.1, 0.15) is 5.82 Å². The van der Waals surface area contributed by atoms with Crippen molar-refractivity contribution in [3.8, 4) is 0 Å². The predicted molar refractivity (Wildman–Crippen MR) is 62.5 cm³/mol. The number of aromatic nitrogens is 3. The Hall–Kier alpha value is -2.17. The topological polar surface area (TPSA) is 90.7 Å². The second-order valence-corrected chi connectivity index (χ2v) is 3.46. The summed E-state index contributed by atoms with van der Waals surface area (Å²) < 4.78 is 0. The Balaban J connectivity index is 2.05. The van der Waals surface area contributed by atoms with Crippen LogP contribution in [0.1, 0.15) is 11.3 Å². The van der Waals surface area contributed by atoms with E-state index in [1.807, 2.05) is 18.2 Å². The lowest BCUT2D eigenvalue weighted by molar-refractivity contribution is 0.902. The number of hydrogen-bond acceptors (Lipinski definition) is 5. The first-order valence-corrected chi connectivity index (χ1v) is 5.02. The first-order valence-electron chi connectivity index (χ1n) is 5.02. The number of nitrogens with zero attached hydrogens (tertiary/aromatic N) is 3. The van der Waals surface area contributed by atoms with Crippen LogP contribution in [0.2, 0.25) is 0 Å². The number of hydrogen-bond donors (Lipinski definition) is 2. The fourth-order valence-corrected chi connectivity index (χ4v) is 1.44. The molecular weight excluding hydrogens is 202 g/mol. The van der Waals surface area contributed by atoms with Crippen LogP contribution in [-0.2, 0) is 12.8 Å². The van der Waals surface area contributed by atoms with Gasteiger partial charge in [-0.2, -0.15) is 4.98 Å². The van der Waals surface area contributed by atoms with Gasteiger partial charge in [-0.15, -0.1) is 0 Å². The molecule has 0 aliphatic carbocycles. The van der Waals surface area contributed by atoms with Crippen LogP contribution in [0.4, 0.5) is 11.8 Å². The molecular formula is C11H13N5. The van der Waals surface area contributed by atoms with Crippen molar-refractivity contribution < 1.29 is 0 Å². The van der Waals surface area contributed by atoms with E-state index in [2.05, 4.69) is 15.0 Å². The fraction of sp³-hybridized carbons (Fsp3) is 0.182. The van der Waals surface area contributed by atoms with Gasteiger partial charge in [-0.1, -0.05) is 6.07 Å². The third-order valence-electron chi connectivity index (χ3n) is 2.29. The summed E-state index contributed by atoms with van der Waals surface area (Å²) in [5.41, 5.74) is 13.1. The number of aryl methyl sites for hydroxylation is 2. The molecule has 2 aromatic heterocycles. The van der Waals surface area contributed by atoms with Gasteiger partial charge in [-0.3, -0.25) is 4.98 Å². The molecule has 4 N–H and O–H groups in total. The van der Waals surface area contributed by atoms with Crippen LogP contribution in [0.15, 0.2) is 30.6 Å². The Labute approximate surface area is 93.6 Å². The minimum Gasteiger partial charge on any atom is -0.383 e. The summed E-state index contributed by atoms with van der Waals surface area (Å²) in [5.74, 6) is 0.655. The third-order valence-corrected chi connectivity index (χ3v) is 2.29. The first-order chi connectivity index (χ1) is 7.75. The summed E-state index contributed by atoms with van der Waals surface area (Å²) in [4.78, 5) is 12.1. The van der Waals surface area contributed by atoms with E-state index in [1.54, 1.807) is 12.4 Å². The number of rotatable bonds is 3. The van der Waals surface area contributed by atoms with E-state index in [-0.39, 0.29) is 5.95 Å². The SMILES string of the molecule is Nc1ncc(CCc2ccccn2)c(N)n1. The second kappa shape index (κ2) is 4.57. The van der Waals surface area contributed by atoms with Crippen LogP contribution < -0.4 is 11.5 Å². The summed E-state index contributed by atoms with van der Waals surface area (Å²) in [6, 6.07) is 5.84. The number of anilines is 2. The quantitative estimate of drug-likeness (QED) is 0.791. The minimum absolute atomic E-state index is 0.207. The average molecular weight is 215 g/mol. The molecule has 0 radical (unpaired) electrons. The smallest absolute Gasteiger partial charge is 0.221 e. The van der Waals surface area contributed by atoms with E-state index in [1.165, 1.54) is 0 Å². The van der Waals surface area contributed by atoms with Crippen LogP contribution in [0, 0.1) is 0 Å². The van der Waals surface area contributed by atoms with Gasteiger partial charge in [0, 0.05) is 23.7 Å². The Morgan fingerprint density at radius 3 is 2.62 bits per heavy atom. The highest BCUT2D eigenvalue weighted by atomic mass is 15.0. The van der Waals surface area contributed by atoms with Crippen molar-refractivity contribution >= 4 is 11.8 Å². The van der Waals surface area contributed by atoms with E-state index >= 15 is 0 Å².